The third-order valence-electron chi connectivity index (χ3n) is 2.22. The number of hydrogen-bond donors (Lipinski definition) is 1. The van der Waals surface area contributed by atoms with E-state index in [0.717, 1.165) is 15.8 Å². The van der Waals surface area contributed by atoms with E-state index < -0.39 is 0 Å². The third kappa shape index (κ3) is 3.08. The first-order chi connectivity index (χ1) is 7.29. The average molecular weight is 268 g/mol. The molecule has 80 valence electrons. The topological polar surface area (TPSA) is 35.2 Å². The Kier molecular flexibility index (Phi) is 3.44. The maximum Gasteiger partial charge on any atom is 0.127 e. The maximum atomic E-state index is 5.80. The highest BCUT2D eigenvalue weighted by molar-refractivity contribution is 9.10. The Bertz CT molecular complexity index is 372. The Labute approximate surface area is 98.2 Å². The molecule has 2 N–H and O–H groups in total. The van der Waals surface area contributed by atoms with Gasteiger partial charge in [0.05, 0.1) is 6.10 Å². The maximum absolute atomic E-state index is 5.80. The summed E-state index contributed by atoms with van der Waals surface area (Å²) in [6, 6.07) is 6.04. The van der Waals surface area contributed by atoms with Gasteiger partial charge in [-0.05, 0) is 31.0 Å². The van der Waals surface area contributed by atoms with E-state index in [-0.39, 0.29) is 0 Å². The molecule has 0 amide bonds. The normalized spacial score (nSPS) is 15.9. The number of nitrogens with two attached hydrogens (primary N) is 1. The Morgan fingerprint density at radius 3 is 2.93 bits per heavy atom. The largest absolute Gasteiger partial charge is 0.490 e. The lowest BCUT2D eigenvalue weighted by atomic mass is 10.2. The van der Waals surface area contributed by atoms with Crippen molar-refractivity contribution in [3.63, 3.8) is 0 Å². The van der Waals surface area contributed by atoms with Crippen LogP contribution in [-0.4, -0.2) is 12.6 Å². The quantitative estimate of drug-likeness (QED) is 0.911. The minimum absolute atomic E-state index is 0.427. The van der Waals surface area contributed by atoms with Crippen molar-refractivity contribution in [3.8, 4) is 5.75 Å². The summed E-state index contributed by atoms with van der Waals surface area (Å²) in [5.41, 5.74) is 6.52. The molecule has 15 heavy (non-hydrogen) atoms. The molecular formula is C12H14BrNO. The highest BCUT2D eigenvalue weighted by atomic mass is 79.9. The summed E-state index contributed by atoms with van der Waals surface area (Å²) in [5.74, 6) is 0.949. The first-order valence-corrected chi connectivity index (χ1v) is 5.91. The summed E-state index contributed by atoms with van der Waals surface area (Å²) in [6.07, 6.45) is 6.71. The van der Waals surface area contributed by atoms with Crippen molar-refractivity contribution in [2.45, 2.75) is 18.9 Å². The van der Waals surface area contributed by atoms with Crippen molar-refractivity contribution in [1.29, 1.82) is 0 Å². The van der Waals surface area contributed by atoms with E-state index in [1.54, 1.807) is 0 Å². The second-order valence-corrected chi connectivity index (χ2v) is 4.55. The summed E-state index contributed by atoms with van der Waals surface area (Å²) in [4.78, 5) is 0. The molecule has 3 heteroatoms. The van der Waals surface area contributed by atoms with Crippen molar-refractivity contribution in [2.75, 3.05) is 6.54 Å². The van der Waals surface area contributed by atoms with Crippen molar-refractivity contribution < 1.29 is 4.74 Å². The van der Waals surface area contributed by atoms with Gasteiger partial charge >= 0.3 is 0 Å². The molecule has 1 aromatic rings. The van der Waals surface area contributed by atoms with Crippen LogP contribution in [-0.2, 0) is 0 Å². The average Bonchev–Trinajstić information content (AvgIpc) is 3.02. The molecule has 1 aliphatic rings. The Hall–Kier alpha value is -0.800. The fraction of sp³-hybridized carbons (Fsp3) is 0.333. The lowest BCUT2D eigenvalue weighted by molar-refractivity contribution is 0.302. The summed E-state index contributed by atoms with van der Waals surface area (Å²) in [7, 11) is 0. The van der Waals surface area contributed by atoms with Gasteiger partial charge in [-0.2, -0.15) is 0 Å². The minimum Gasteiger partial charge on any atom is -0.490 e. The Balaban J connectivity index is 2.21. The van der Waals surface area contributed by atoms with Crippen LogP contribution >= 0.6 is 15.9 Å². The van der Waals surface area contributed by atoms with Gasteiger partial charge in [0.1, 0.15) is 5.75 Å². The monoisotopic (exact) mass is 267 g/mol. The molecule has 0 saturated heterocycles. The number of benzene rings is 1. The van der Waals surface area contributed by atoms with Crippen LogP contribution in [0.15, 0.2) is 28.7 Å². The van der Waals surface area contributed by atoms with Crippen molar-refractivity contribution in [3.05, 3.63) is 34.3 Å². The van der Waals surface area contributed by atoms with Crippen LogP contribution in [0, 0.1) is 0 Å². The van der Waals surface area contributed by atoms with Gasteiger partial charge in [0.2, 0.25) is 0 Å². The van der Waals surface area contributed by atoms with E-state index in [9.17, 15) is 0 Å². The van der Waals surface area contributed by atoms with Crippen molar-refractivity contribution in [1.82, 2.24) is 0 Å². The lowest BCUT2D eigenvalue weighted by Gasteiger charge is -2.08. The van der Waals surface area contributed by atoms with E-state index in [1.807, 2.05) is 30.4 Å². The molecule has 0 aromatic heterocycles. The van der Waals surface area contributed by atoms with E-state index in [0.29, 0.717) is 12.6 Å². The first kappa shape index (κ1) is 10.7. The van der Waals surface area contributed by atoms with Crippen LogP contribution in [0.1, 0.15) is 18.4 Å². The highest BCUT2D eigenvalue weighted by Gasteiger charge is 2.24. The molecule has 1 saturated carbocycles. The predicted octanol–water partition coefficient (Wildman–Crippen LogP) is 2.96. The van der Waals surface area contributed by atoms with E-state index >= 15 is 0 Å². The summed E-state index contributed by atoms with van der Waals surface area (Å²) in [6.45, 7) is 0.551. The molecule has 0 radical (unpaired) electrons. The second kappa shape index (κ2) is 4.81. The zero-order chi connectivity index (χ0) is 10.7. The predicted molar refractivity (Wildman–Crippen MR) is 65.9 cm³/mol. The molecule has 0 spiro atoms. The van der Waals surface area contributed by atoms with Crippen LogP contribution in [0.5, 0.6) is 5.75 Å². The van der Waals surface area contributed by atoms with E-state index in [2.05, 4.69) is 15.9 Å². The van der Waals surface area contributed by atoms with Crippen molar-refractivity contribution in [2.24, 2.45) is 5.73 Å². The Morgan fingerprint density at radius 2 is 2.27 bits per heavy atom. The van der Waals surface area contributed by atoms with Crippen LogP contribution in [0.2, 0.25) is 0 Å². The van der Waals surface area contributed by atoms with Crippen LogP contribution in [0.25, 0.3) is 6.08 Å². The summed E-state index contributed by atoms with van der Waals surface area (Å²) < 4.78 is 6.85. The minimum atomic E-state index is 0.427. The van der Waals surface area contributed by atoms with Gasteiger partial charge in [0.15, 0.2) is 0 Å². The zero-order valence-corrected chi connectivity index (χ0v) is 10.0. The SMILES string of the molecule is NC/C=C/c1cc(Br)ccc1OC1CC1. The molecule has 0 aliphatic heterocycles. The fourth-order valence-corrected chi connectivity index (χ4v) is 1.70. The number of ether oxygens (including phenoxy) is 1. The first-order valence-electron chi connectivity index (χ1n) is 5.12. The zero-order valence-electron chi connectivity index (χ0n) is 8.45. The standard InChI is InChI=1S/C12H14BrNO/c13-10-3-6-12(15-11-4-5-11)9(8-10)2-1-7-14/h1-3,6,8,11H,4-5,7,14H2/b2-1+. The van der Waals surface area contributed by atoms with Gasteiger partial charge in [0.25, 0.3) is 0 Å². The second-order valence-electron chi connectivity index (χ2n) is 3.64. The van der Waals surface area contributed by atoms with Gasteiger partial charge in [-0.15, -0.1) is 0 Å². The van der Waals surface area contributed by atoms with Crippen LogP contribution in [0.4, 0.5) is 0 Å². The van der Waals surface area contributed by atoms with Gasteiger partial charge in [0, 0.05) is 16.6 Å². The molecule has 2 rings (SSSR count). The molecular weight excluding hydrogens is 254 g/mol. The Morgan fingerprint density at radius 1 is 1.47 bits per heavy atom. The van der Waals surface area contributed by atoms with Gasteiger partial charge in [-0.25, -0.2) is 0 Å². The molecule has 1 fully saturated rings. The smallest absolute Gasteiger partial charge is 0.127 e. The summed E-state index contributed by atoms with van der Waals surface area (Å²) in [5, 5.41) is 0. The molecule has 0 bridgehead atoms. The van der Waals surface area contributed by atoms with E-state index in [4.69, 9.17) is 10.5 Å². The van der Waals surface area contributed by atoms with E-state index in [1.165, 1.54) is 12.8 Å². The molecule has 1 aliphatic carbocycles. The molecule has 2 nitrogen and oxygen atoms in total. The number of hydrogen-bond acceptors (Lipinski definition) is 2. The number of rotatable bonds is 4. The molecule has 0 unspecified atom stereocenters. The van der Waals surface area contributed by atoms with Gasteiger partial charge < -0.3 is 10.5 Å². The fourth-order valence-electron chi connectivity index (χ4n) is 1.32. The van der Waals surface area contributed by atoms with Gasteiger partial charge in [-0.3, -0.25) is 0 Å². The summed E-state index contributed by atoms with van der Waals surface area (Å²) >= 11 is 3.45. The van der Waals surface area contributed by atoms with Crippen LogP contribution in [0.3, 0.4) is 0 Å². The van der Waals surface area contributed by atoms with Crippen molar-refractivity contribution >= 4 is 22.0 Å². The number of halogens is 1. The van der Waals surface area contributed by atoms with Crippen LogP contribution < -0.4 is 10.5 Å². The molecule has 1 aromatic carbocycles. The highest BCUT2D eigenvalue weighted by Crippen LogP contribution is 2.31. The lowest BCUT2D eigenvalue weighted by Crippen LogP contribution is -1.98. The van der Waals surface area contributed by atoms with Gasteiger partial charge in [-0.1, -0.05) is 28.1 Å². The molecule has 0 heterocycles. The third-order valence-corrected chi connectivity index (χ3v) is 2.72. The molecule has 0 atom stereocenters.